The highest BCUT2D eigenvalue weighted by Gasteiger charge is 2.29. The van der Waals surface area contributed by atoms with E-state index in [1.54, 1.807) is 19.2 Å². The molecule has 3 rings (SSSR count). The number of hydrogen-bond donors (Lipinski definition) is 0. The first-order chi connectivity index (χ1) is 9.69. The Bertz CT molecular complexity index is 601. The van der Waals surface area contributed by atoms with Crippen LogP contribution >= 0.6 is 15.9 Å². The van der Waals surface area contributed by atoms with Gasteiger partial charge in [0.05, 0.1) is 7.11 Å². The summed E-state index contributed by atoms with van der Waals surface area (Å²) in [5, 5.41) is 0. The number of hydrogen-bond acceptors (Lipinski definition) is 1. The zero-order valence-corrected chi connectivity index (χ0v) is 12.9. The third-order valence-corrected chi connectivity index (χ3v) is 5.23. The molecular formula is C17H16BrFO. The average Bonchev–Trinajstić information content (AvgIpc) is 2.90. The Morgan fingerprint density at radius 2 is 1.80 bits per heavy atom. The molecule has 1 aliphatic rings. The van der Waals surface area contributed by atoms with Gasteiger partial charge in [-0.1, -0.05) is 40.2 Å². The van der Waals surface area contributed by atoms with E-state index in [9.17, 15) is 4.39 Å². The summed E-state index contributed by atoms with van der Waals surface area (Å²) in [5.41, 5.74) is 3.69. The fourth-order valence-corrected chi connectivity index (χ4v) is 3.71. The summed E-state index contributed by atoms with van der Waals surface area (Å²) < 4.78 is 18.9. The van der Waals surface area contributed by atoms with E-state index in [2.05, 4.69) is 40.2 Å². The maximum absolute atomic E-state index is 13.5. The van der Waals surface area contributed by atoms with Crippen molar-refractivity contribution < 1.29 is 9.13 Å². The van der Waals surface area contributed by atoms with Crippen LogP contribution in [0.3, 0.4) is 0 Å². The maximum atomic E-state index is 13.5. The summed E-state index contributed by atoms with van der Waals surface area (Å²) in [6, 6.07) is 13.2. The van der Waals surface area contributed by atoms with Crippen LogP contribution in [0, 0.1) is 11.7 Å². The van der Waals surface area contributed by atoms with E-state index in [-0.39, 0.29) is 10.6 Å². The number of fused-ring (bicyclic) bond motifs is 1. The van der Waals surface area contributed by atoms with Crippen molar-refractivity contribution in [1.29, 1.82) is 0 Å². The summed E-state index contributed by atoms with van der Waals surface area (Å²) in [7, 11) is 1.62. The Balaban J connectivity index is 1.88. The van der Waals surface area contributed by atoms with Gasteiger partial charge in [-0.05, 0) is 48.1 Å². The molecular weight excluding hydrogens is 319 g/mol. The largest absolute Gasteiger partial charge is 0.496 e. The average molecular weight is 335 g/mol. The Kier molecular flexibility index (Phi) is 3.79. The lowest BCUT2D eigenvalue weighted by atomic mass is 9.95. The summed E-state index contributed by atoms with van der Waals surface area (Å²) in [6.07, 6.45) is 2.04. The highest BCUT2D eigenvalue weighted by Crippen LogP contribution is 2.43. The monoisotopic (exact) mass is 334 g/mol. The molecule has 0 saturated carbocycles. The molecule has 2 aromatic rings. The molecule has 0 amide bonds. The zero-order chi connectivity index (χ0) is 14.1. The molecule has 1 atom stereocenters. The van der Waals surface area contributed by atoms with Crippen molar-refractivity contribution in [2.45, 2.75) is 17.7 Å². The van der Waals surface area contributed by atoms with E-state index in [0.717, 1.165) is 24.2 Å². The SMILES string of the molecule is COc1ccc(F)cc1C(Br)C1Cc2ccccc2C1. The van der Waals surface area contributed by atoms with Gasteiger partial charge in [0.25, 0.3) is 0 Å². The Morgan fingerprint density at radius 3 is 2.40 bits per heavy atom. The first-order valence-corrected chi connectivity index (χ1v) is 7.65. The molecule has 0 radical (unpaired) electrons. The lowest BCUT2D eigenvalue weighted by Crippen LogP contribution is -2.09. The molecule has 3 heteroatoms. The van der Waals surface area contributed by atoms with Crippen molar-refractivity contribution in [2.75, 3.05) is 7.11 Å². The van der Waals surface area contributed by atoms with Gasteiger partial charge in [0.15, 0.2) is 0 Å². The van der Waals surface area contributed by atoms with Crippen LogP contribution < -0.4 is 4.74 Å². The van der Waals surface area contributed by atoms with Crippen LogP contribution in [0.25, 0.3) is 0 Å². The Morgan fingerprint density at radius 1 is 1.15 bits per heavy atom. The molecule has 20 heavy (non-hydrogen) atoms. The molecule has 0 bridgehead atoms. The maximum Gasteiger partial charge on any atom is 0.123 e. The van der Waals surface area contributed by atoms with Crippen LogP contribution in [-0.2, 0) is 12.8 Å². The van der Waals surface area contributed by atoms with E-state index in [4.69, 9.17) is 4.74 Å². The van der Waals surface area contributed by atoms with Crippen LogP contribution in [0.4, 0.5) is 4.39 Å². The molecule has 0 aromatic heterocycles. The molecule has 0 spiro atoms. The van der Waals surface area contributed by atoms with E-state index >= 15 is 0 Å². The fourth-order valence-electron chi connectivity index (χ4n) is 2.97. The third kappa shape index (κ3) is 2.47. The number of rotatable bonds is 3. The summed E-state index contributed by atoms with van der Waals surface area (Å²) in [4.78, 5) is 0.0977. The van der Waals surface area contributed by atoms with Gasteiger partial charge in [0.1, 0.15) is 11.6 Å². The van der Waals surface area contributed by atoms with Crippen LogP contribution in [-0.4, -0.2) is 7.11 Å². The standard InChI is InChI=1S/C17H16BrFO/c1-20-16-7-6-14(19)10-15(16)17(18)13-8-11-4-2-3-5-12(11)9-13/h2-7,10,13,17H,8-9H2,1H3. The van der Waals surface area contributed by atoms with Crippen molar-refractivity contribution in [3.05, 3.63) is 65.0 Å². The van der Waals surface area contributed by atoms with Crippen molar-refractivity contribution in [3.63, 3.8) is 0 Å². The number of halogens is 2. The third-order valence-electron chi connectivity index (χ3n) is 3.99. The van der Waals surface area contributed by atoms with Gasteiger partial charge < -0.3 is 4.74 Å². The summed E-state index contributed by atoms with van der Waals surface area (Å²) >= 11 is 3.75. The van der Waals surface area contributed by atoms with Gasteiger partial charge in [0, 0.05) is 10.4 Å². The number of benzene rings is 2. The van der Waals surface area contributed by atoms with Gasteiger partial charge in [-0.15, -0.1) is 0 Å². The Labute approximate surface area is 126 Å². The minimum Gasteiger partial charge on any atom is -0.496 e. The van der Waals surface area contributed by atoms with Gasteiger partial charge >= 0.3 is 0 Å². The minimum atomic E-state index is -0.222. The number of ether oxygens (including phenoxy) is 1. The van der Waals surface area contributed by atoms with E-state index in [1.807, 2.05) is 0 Å². The molecule has 2 aromatic carbocycles. The molecule has 1 aliphatic carbocycles. The van der Waals surface area contributed by atoms with Gasteiger partial charge in [0.2, 0.25) is 0 Å². The van der Waals surface area contributed by atoms with Crippen molar-refractivity contribution >= 4 is 15.9 Å². The predicted octanol–water partition coefficient (Wildman–Crippen LogP) is 4.69. The molecule has 0 fully saturated rings. The van der Waals surface area contributed by atoms with Gasteiger partial charge in [-0.3, -0.25) is 0 Å². The minimum absolute atomic E-state index is 0.0977. The van der Waals surface area contributed by atoms with Crippen molar-refractivity contribution in [2.24, 2.45) is 5.92 Å². The fraction of sp³-hybridized carbons (Fsp3) is 0.294. The summed E-state index contributed by atoms with van der Waals surface area (Å²) in [6.45, 7) is 0. The lowest BCUT2D eigenvalue weighted by molar-refractivity contribution is 0.402. The first-order valence-electron chi connectivity index (χ1n) is 6.73. The zero-order valence-electron chi connectivity index (χ0n) is 11.3. The smallest absolute Gasteiger partial charge is 0.123 e. The number of alkyl halides is 1. The lowest BCUT2D eigenvalue weighted by Gasteiger charge is -2.20. The Hall–Kier alpha value is -1.35. The molecule has 0 aliphatic heterocycles. The second-order valence-electron chi connectivity index (χ2n) is 5.23. The van der Waals surface area contributed by atoms with Crippen molar-refractivity contribution in [3.8, 4) is 5.75 Å². The highest BCUT2D eigenvalue weighted by molar-refractivity contribution is 9.09. The van der Waals surface area contributed by atoms with Crippen LogP contribution in [0.15, 0.2) is 42.5 Å². The summed E-state index contributed by atoms with van der Waals surface area (Å²) in [5.74, 6) is 0.952. The van der Waals surface area contributed by atoms with E-state index in [1.165, 1.54) is 17.2 Å². The van der Waals surface area contributed by atoms with Crippen LogP contribution in [0.1, 0.15) is 21.5 Å². The predicted molar refractivity (Wildman–Crippen MR) is 82.0 cm³/mol. The van der Waals surface area contributed by atoms with Crippen molar-refractivity contribution in [1.82, 2.24) is 0 Å². The van der Waals surface area contributed by atoms with E-state index < -0.39 is 0 Å². The number of methoxy groups -OCH3 is 1. The second-order valence-corrected chi connectivity index (χ2v) is 6.21. The van der Waals surface area contributed by atoms with Crippen LogP contribution in [0.5, 0.6) is 5.75 Å². The molecule has 0 N–H and O–H groups in total. The normalized spacial score (nSPS) is 15.9. The molecule has 0 heterocycles. The second kappa shape index (κ2) is 5.57. The highest BCUT2D eigenvalue weighted by atomic mass is 79.9. The topological polar surface area (TPSA) is 9.23 Å². The molecule has 1 unspecified atom stereocenters. The first kappa shape index (κ1) is 13.6. The molecule has 0 saturated heterocycles. The quantitative estimate of drug-likeness (QED) is 0.740. The van der Waals surface area contributed by atoms with Gasteiger partial charge in [-0.25, -0.2) is 4.39 Å². The van der Waals surface area contributed by atoms with Crippen LogP contribution in [0.2, 0.25) is 0 Å². The van der Waals surface area contributed by atoms with Gasteiger partial charge in [-0.2, -0.15) is 0 Å². The molecule has 104 valence electrons. The molecule has 1 nitrogen and oxygen atoms in total. The van der Waals surface area contributed by atoms with E-state index in [0.29, 0.717) is 5.92 Å².